The van der Waals surface area contributed by atoms with Crippen molar-refractivity contribution in [3.05, 3.63) is 0 Å². The van der Waals surface area contributed by atoms with Crippen LogP contribution in [0.3, 0.4) is 0 Å². The lowest BCUT2D eigenvalue weighted by Gasteiger charge is -2.21. The Bertz CT molecular complexity index is 182. The van der Waals surface area contributed by atoms with Crippen LogP contribution in [0.5, 0.6) is 0 Å². The summed E-state index contributed by atoms with van der Waals surface area (Å²) in [5, 5.41) is 0. The van der Waals surface area contributed by atoms with Crippen LogP contribution in [0.1, 0.15) is 57.8 Å². The molecule has 94 valence electrons. The van der Waals surface area contributed by atoms with Crippen LogP contribution >= 0.6 is 0 Å². The van der Waals surface area contributed by atoms with Crippen LogP contribution in [0.15, 0.2) is 0 Å². The summed E-state index contributed by atoms with van der Waals surface area (Å²) in [6.45, 7) is 2.53. The van der Waals surface area contributed by atoms with Gasteiger partial charge in [0, 0.05) is 0 Å². The van der Waals surface area contributed by atoms with Gasteiger partial charge in [0.05, 0.1) is 6.54 Å². The molecular weight excluding hydrogens is 200 g/mol. The zero-order valence-corrected chi connectivity index (χ0v) is 10.4. The van der Waals surface area contributed by atoms with E-state index < -0.39 is 0 Å². The standard InChI is InChI=1S/C13H26N2O/c14-13(16)12-15-10-8-6-4-2-1-3-5-7-9-11-15/h1-12H2,(H2,14,16). The summed E-state index contributed by atoms with van der Waals surface area (Å²) in [7, 11) is 0. The summed E-state index contributed by atoms with van der Waals surface area (Å²) in [6.07, 6.45) is 11.9. The van der Waals surface area contributed by atoms with Crippen molar-refractivity contribution in [3.63, 3.8) is 0 Å². The van der Waals surface area contributed by atoms with E-state index in [4.69, 9.17) is 5.73 Å². The molecule has 1 fully saturated rings. The second-order valence-corrected chi connectivity index (χ2v) is 4.92. The van der Waals surface area contributed by atoms with Gasteiger partial charge in [0.1, 0.15) is 0 Å². The number of hydrogen-bond donors (Lipinski definition) is 1. The summed E-state index contributed by atoms with van der Waals surface area (Å²) in [6, 6.07) is 0. The van der Waals surface area contributed by atoms with E-state index >= 15 is 0 Å². The van der Waals surface area contributed by atoms with Gasteiger partial charge in [0.2, 0.25) is 5.91 Å². The van der Waals surface area contributed by atoms with Crippen molar-refractivity contribution in [2.45, 2.75) is 57.8 Å². The molecule has 1 aliphatic heterocycles. The lowest BCUT2D eigenvalue weighted by atomic mass is 10.1. The minimum Gasteiger partial charge on any atom is -0.369 e. The topological polar surface area (TPSA) is 46.3 Å². The molecule has 3 heteroatoms. The highest BCUT2D eigenvalue weighted by atomic mass is 16.1. The van der Waals surface area contributed by atoms with Gasteiger partial charge in [-0.3, -0.25) is 9.69 Å². The zero-order valence-electron chi connectivity index (χ0n) is 10.4. The number of carbonyl (C=O) groups is 1. The number of amides is 1. The van der Waals surface area contributed by atoms with E-state index in [1.165, 1.54) is 57.8 Å². The molecule has 1 saturated heterocycles. The molecule has 1 aliphatic rings. The SMILES string of the molecule is NC(=O)CN1CCCCCCCCCCC1. The third-order valence-electron chi connectivity index (χ3n) is 3.33. The molecule has 0 saturated carbocycles. The summed E-state index contributed by atoms with van der Waals surface area (Å²) in [4.78, 5) is 13.1. The largest absolute Gasteiger partial charge is 0.369 e. The molecule has 0 unspecified atom stereocenters. The Labute approximate surface area is 99.4 Å². The Morgan fingerprint density at radius 3 is 1.56 bits per heavy atom. The van der Waals surface area contributed by atoms with Crippen molar-refractivity contribution in [2.24, 2.45) is 5.73 Å². The molecule has 2 N–H and O–H groups in total. The lowest BCUT2D eigenvalue weighted by Crippen LogP contribution is -2.35. The van der Waals surface area contributed by atoms with E-state index in [0.29, 0.717) is 6.54 Å². The molecule has 0 aromatic carbocycles. The molecule has 3 nitrogen and oxygen atoms in total. The van der Waals surface area contributed by atoms with Gasteiger partial charge in [-0.25, -0.2) is 0 Å². The van der Waals surface area contributed by atoms with Gasteiger partial charge in [-0.15, -0.1) is 0 Å². The van der Waals surface area contributed by atoms with Gasteiger partial charge in [-0.1, -0.05) is 44.9 Å². The van der Waals surface area contributed by atoms with Crippen LogP contribution in [0.25, 0.3) is 0 Å². The number of carbonyl (C=O) groups excluding carboxylic acids is 1. The van der Waals surface area contributed by atoms with Crippen LogP contribution in [0.4, 0.5) is 0 Å². The molecule has 0 aliphatic carbocycles. The van der Waals surface area contributed by atoms with Gasteiger partial charge in [-0.05, 0) is 25.9 Å². The highest BCUT2D eigenvalue weighted by Crippen LogP contribution is 2.12. The van der Waals surface area contributed by atoms with Crippen molar-refractivity contribution < 1.29 is 4.79 Å². The molecule has 1 heterocycles. The van der Waals surface area contributed by atoms with Crippen LogP contribution < -0.4 is 5.73 Å². The lowest BCUT2D eigenvalue weighted by molar-refractivity contribution is -0.119. The first-order valence-corrected chi connectivity index (χ1v) is 6.80. The highest BCUT2D eigenvalue weighted by molar-refractivity contribution is 5.75. The first kappa shape index (κ1) is 13.5. The Kier molecular flexibility index (Phi) is 7.23. The summed E-state index contributed by atoms with van der Waals surface area (Å²) < 4.78 is 0. The molecule has 0 bridgehead atoms. The van der Waals surface area contributed by atoms with Crippen molar-refractivity contribution in [2.75, 3.05) is 19.6 Å². The van der Waals surface area contributed by atoms with E-state index in [9.17, 15) is 4.79 Å². The Hall–Kier alpha value is -0.570. The van der Waals surface area contributed by atoms with Crippen LogP contribution in [-0.4, -0.2) is 30.4 Å². The summed E-state index contributed by atoms with van der Waals surface area (Å²) >= 11 is 0. The maximum atomic E-state index is 10.9. The van der Waals surface area contributed by atoms with E-state index in [-0.39, 0.29) is 5.91 Å². The third kappa shape index (κ3) is 6.83. The average molecular weight is 226 g/mol. The third-order valence-corrected chi connectivity index (χ3v) is 3.33. The fraction of sp³-hybridized carbons (Fsp3) is 0.923. The summed E-state index contributed by atoms with van der Waals surface area (Å²) in [5.74, 6) is -0.188. The van der Waals surface area contributed by atoms with Crippen LogP contribution in [0.2, 0.25) is 0 Å². The monoisotopic (exact) mass is 226 g/mol. The first-order chi connectivity index (χ1) is 7.79. The second-order valence-electron chi connectivity index (χ2n) is 4.92. The number of nitrogens with zero attached hydrogens (tertiary/aromatic N) is 1. The molecule has 1 rings (SSSR count). The van der Waals surface area contributed by atoms with Crippen molar-refractivity contribution in [1.29, 1.82) is 0 Å². The van der Waals surface area contributed by atoms with Crippen molar-refractivity contribution in [1.82, 2.24) is 4.90 Å². The molecule has 0 aromatic heterocycles. The van der Waals surface area contributed by atoms with E-state index in [0.717, 1.165) is 13.1 Å². The highest BCUT2D eigenvalue weighted by Gasteiger charge is 2.08. The van der Waals surface area contributed by atoms with Gasteiger partial charge >= 0.3 is 0 Å². The molecule has 0 radical (unpaired) electrons. The number of nitrogens with two attached hydrogens (primary N) is 1. The summed E-state index contributed by atoms with van der Waals surface area (Å²) in [5.41, 5.74) is 5.26. The minimum absolute atomic E-state index is 0.188. The Morgan fingerprint density at radius 2 is 1.19 bits per heavy atom. The maximum absolute atomic E-state index is 10.9. The van der Waals surface area contributed by atoms with Gasteiger partial charge < -0.3 is 5.73 Å². The number of primary amides is 1. The Balaban J connectivity index is 2.27. The van der Waals surface area contributed by atoms with Crippen LogP contribution in [0, 0.1) is 0 Å². The van der Waals surface area contributed by atoms with E-state index in [1.807, 2.05) is 0 Å². The quantitative estimate of drug-likeness (QED) is 0.785. The number of rotatable bonds is 2. The smallest absolute Gasteiger partial charge is 0.231 e. The van der Waals surface area contributed by atoms with Crippen LogP contribution in [-0.2, 0) is 4.79 Å². The maximum Gasteiger partial charge on any atom is 0.231 e. The minimum atomic E-state index is -0.188. The molecule has 1 amide bonds. The van der Waals surface area contributed by atoms with Gasteiger partial charge in [-0.2, -0.15) is 0 Å². The predicted octanol–water partition coefficient (Wildman–Crippen LogP) is 2.30. The fourth-order valence-corrected chi connectivity index (χ4v) is 2.40. The molecule has 0 aromatic rings. The van der Waals surface area contributed by atoms with Gasteiger partial charge in [0.25, 0.3) is 0 Å². The second kappa shape index (κ2) is 8.57. The first-order valence-electron chi connectivity index (χ1n) is 6.80. The average Bonchev–Trinajstić information content (AvgIpc) is 2.21. The van der Waals surface area contributed by atoms with Crippen molar-refractivity contribution in [3.8, 4) is 0 Å². The molecule has 16 heavy (non-hydrogen) atoms. The fourth-order valence-electron chi connectivity index (χ4n) is 2.40. The van der Waals surface area contributed by atoms with E-state index in [1.54, 1.807) is 0 Å². The molecule has 0 spiro atoms. The zero-order chi connectivity index (χ0) is 11.6. The predicted molar refractivity (Wildman–Crippen MR) is 67.2 cm³/mol. The normalized spacial score (nSPS) is 22.0. The molecule has 0 atom stereocenters. The number of hydrogen-bond acceptors (Lipinski definition) is 2. The van der Waals surface area contributed by atoms with E-state index in [2.05, 4.69) is 4.90 Å². The Morgan fingerprint density at radius 1 is 0.812 bits per heavy atom. The van der Waals surface area contributed by atoms with Crippen molar-refractivity contribution >= 4 is 5.91 Å². The van der Waals surface area contributed by atoms with Gasteiger partial charge in [0.15, 0.2) is 0 Å². The molecular formula is C13H26N2O.